The molecule has 2 aromatic carbocycles. The first-order valence-electron chi connectivity index (χ1n) is 8.00. The van der Waals surface area contributed by atoms with Crippen LogP contribution in [0.5, 0.6) is 5.75 Å². The molecule has 0 spiro atoms. The number of benzene rings is 2. The number of phenols is 1. The molecule has 122 valence electrons. The van der Waals surface area contributed by atoms with Crippen LogP contribution in [-0.4, -0.2) is 24.9 Å². The molecule has 1 aliphatic rings. The van der Waals surface area contributed by atoms with Gasteiger partial charge in [-0.1, -0.05) is 35.9 Å². The standard InChI is InChI=1S/C19H22ClNO2/c20-17-6-4-16(5-7-17)19(8-10-23-11-9-19)14-21-13-15-2-1-3-18(22)12-15/h1-7,12,21-22H,8-11,13-14H2. The first-order valence-corrected chi connectivity index (χ1v) is 8.38. The quantitative estimate of drug-likeness (QED) is 0.873. The summed E-state index contributed by atoms with van der Waals surface area (Å²) in [5, 5.41) is 13.9. The van der Waals surface area contributed by atoms with E-state index >= 15 is 0 Å². The molecule has 4 heteroatoms. The SMILES string of the molecule is Oc1cccc(CNCC2(c3ccc(Cl)cc3)CCOCC2)c1. The van der Waals surface area contributed by atoms with Crippen LogP contribution in [0.15, 0.2) is 48.5 Å². The summed E-state index contributed by atoms with van der Waals surface area (Å²) in [6.45, 7) is 3.20. The molecule has 0 aliphatic carbocycles. The van der Waals surface area contributed by atoms with Crippen LogP contribution in [-0.2, 0) is 16.7 Å². The molecule has 0 unspecified atom stereocenters. The van der Waals surface area contributed by atoms with Crippen molar-refractivity contribution in [3.05, 3.63) is 64.7 Å². The van der Waals surface area contributed by atoms with Crippen LogP contribution in [0.1, 0.15) is 24.0 Å². The topological polar surface area (TPSA) is 41.5 Å². The van der Waals surface area contributed by atoms with Crippen molar-refractivity contribution in [2.45, 2.75) is 24.8 Å². The number of rotatable bonds is 5. The zero-order valence-corrected chi connectivity index (χ0v) is 13.9. The van der Waals surface area contributed by atoms with Gasteiger partial charge in [-0.3, -0.25) is 0 Å². The molecule has 2 aromatic rings. The Labute approximate surface area is 142 Å². The van der Waals surface area contributed by atoms with E-state index in [0.29, 0.717) is 5.75 Å². The third kappa shape index (κ3) is 4.05. The highest BCUT2D eigenvalue weighted by Crippen LogP contribution is 2.35. The minimum Gasteiger partial charge on any atom is -0.508 e. The van der Waals surface area contributed by atoms with Gasteiger partial charge in [-0.15, -0.1) is 0 Å². The highest BCUT2D eigenvalue weighted by Gasteiger charge is 2.34. The van der Waals surface area contributed by atoms with Crippen molar-refractivity contribution in [3.8, 4) is 5.75 Å². The Morgan fingerprint density at radius 3 is 2.52 bits per heavy atom. The van der Waals surface area contributed by atoms with E-state index in [0.717, 1.165) is 49.7 Å². The number of halogens is 1. The molecule has 1 saturated heterocycles. The summed E-state index contributed by atoms with van der Waals surface area (Å²) < 4.78 is 5.56. The number of hydrogen-bond acceptors (Lipinski definition) is 3. The smallest absolute Gasteiger partial charge is 0.115 e. The van der Waals surface area contributed by atoms with Gasteiger partial charge in [0.25, 0.3) is 0 Å². The van der Waals surface area contributed by atoms with Gasteiger partial charge in [0.2, 0.25) is 0 Å². The third-order valence-electron chi connectivity index (χ3n) is 4.61. The van der Waals surface area contributed by atoms with Crippen molar-refractivity contribution < 1.29 is 9.84 Å². The zero-order chi connectivity index (χ0) is 16.1. The summed E-state index contributed by atoms with van der Waals surface area (Å²) in [5.41, 5.74) is 2.48. The Kier molecular flexibility index (Phi) is 5.21. The fourth-order valence-corrected chi connectivity index (χ4v) is 3.37. The lowest BCUT2D eigenvalue weighted by Gasteiger charge is -2.38. The van der Waals surface area contributed by atoms with Gasteiger partial charge in [0, 0.05) is 36.7 Å². The predicted octanol–water partition coefficient (Wildman–Crippen LogP) is 3.88. The maximum Gasteiger partial charge on any atom is 0.115 e. The van der Waals surface area contributed by atoms with Crippen LogP contribution in [0.3, 0.4) is 0 Å². The first-order chi connectivity index (χ1) is 11.2. The van der Waals surface area contributed by atoms with E-state index in [1.165, 1.54) is 5.56 Å². The third-order valence-corrected chi connectivity index (χ3v) is 4.86. The number of ether oxygens (including phenoxy) is 1. The maximum atomic E-state index is 9.56. The predicted molar refractivity (Wildman–Crippen MR) is 93.0 cm³/mol. The molecule has 3 rings (SSSR count). The van der Waals surface area contributed by atoms with Gasteiger partial charge in [-0.25, -0.2) is 0 Å². The normalized spacial score (nSPS) is 17.1. The average molecular weight is 332 g/mol. The molecule has 0 bridgehead atoms. The molecule has 0 saturated carbocycles. The van der Waals surface area contributed by atoms with E-state index in [1.807, 2.05) is 24.3 Å². The van der Waals surface area contributed by atoms with Crippen molar-refractivity contribution in [1.82, 2.24) is 5.32 Å². The summed E-state index contributed by atoms with van der Waals surface area (Å²) >= 11 is 6.03. The molecule has 0 amide bonds. The van der Waals surface area contributed by atoms with Gasteiger partial charge < -0.3 is 15.2 Å². The second kappa shape index (κ2) is 7.35. The Bertz CT molecular complexity index is 636. The van der Waals surface area contributed by atoms with Gasteiger partial charge in [-0.05, 0) is 48.2 Å². The molecule has 0 radical (unpaired) electrons. The lowest BCUT2D eigenvalue weighted by molar-refractivity contribution is 0.0498. The lowest BCUT2D eigenvalue weighted by atomic mass is 9.74. The van der Waals surface area contributed by atoms with Crippen LogP contribution < -0.4 is 5.32 Å². The molecule has 0 aromatic heterocycles. The van der Waals surface area contributed by atoms with Gasteiger partial charge in [-0.2, -0.15) is 0 Å². The van der Waals surface area contributed by atoms with Crippen molar-refractivity contribution in [1.29, 1.82) is 0 Å². The van der Waals surface area contributed by atoms with Gasteiger partial charge >= 0.3 is 0 Å². The summed E-state index contributed by atoms with van der Waals surface area (Å²) in [6.07, 6.45) is 2.00. The first kappa shape index (κ1) is 16.3. The summed E-state index contributed by atoms with van der Waals surface area (Å²) in [4.78, 5) is 0. The number of phenolic OH excluding ortho intramolecular Hbond substituents is 1. The monoisotopic (exact) mass is 331 g/mol. The molecule has 0 atom stereocenters. The van der Waals surface area contributed by atoms with Crippen molar-refractivity contribution in [2.24, 2.45) is 0 Å². The van der Waals surface area contributed by atoms with Gasteiger partial charge in [0.1, 0.15) is 5.75 Å². The van der Waals surface area contributed by atoms with Gasteiger partial charge in [0.05, 0.1) is 0 Å². The molecule has 2 N–H and O–H groups in total. The van der Waals surface area contributed by atoms with E-state index in [-0.39, 0.29) is 5.41 Å². The summed E-state index contributed by atoms with van der Waals surface area (Å²) in [7, 11) is 0. The maximum absolute atomic E-state index is 9.56. The molecule has 3 nitrogen and oxygen atoms in total. The van der Waals surface area contributed by atoms with Crippen LogP contribution in [0.25, 0.3) is 0 Å². The largest absolute Gasteiger partial charge is 0.508 e. The highest BCUT2D eigenvalue weighted by atomic mass is 35.5. The van der Waals surface area contributed by atoms with Crippen LogP contribution in [0, 0.1) is 0 Å². The fraction of sp³-hybridized carbons (Fsp3) is 0.368. The Morgan fingerprint density at radius 2 is 1.83 bits per heavy atom. The second-order valence-corrected chi connectivity index (χ2v) is 6.61. The van der Waals surface area contributed by atoms with E-state index in [9.17, 15) is 5.11 Å². The van der Waals surface area contributed by atoms with Crippen molar-refractivity contribution in [3.63, 3.8) is 0 Å². The summed E-state index contributed by atoms with van der Waals surface area (Å²) in [5.74, 6) is 0.308. The molecule has 1 fully saturated rings. The Morgan fingerprint density at radius 1 is 1.09 bits per heavy atom. The van der Waals surface area contributed by atoms with E-state index in [2.05, 4.69) is 17.4 Å². The minimum absolute atomic E-state index is 0.0830. The Hall–Kier alpha value is -1.55. The molecular weight excluding hydrogens is 310 g/mol. The number of aromatic hydroxyl groups is 1. The molecule has 1 heterocycles. The second-order valence-electron chi connectivity index (χ2n) is 6.17. The number of hydrogen-bond donors (Lipinski definition) is 2. The van der Waals surface area contributed by atoms with E-state index in [1.54, 1.807) is 12.1 Å². The molecular formula is C19H22ClNO2. The average Bonchev–Trinajstić information content (AvgIpc) is 2.56. The summed E-state index contributed by atoms with van der Waals surface area (Å²) in [6, 6.07) is 15.6. The van der Waals surface area contributed by atoms with Crippen LogP contribution in [0.4, 0.5) is 0 Å². The van der Waals surface area contributed by atoms with E-state index < -0.39 is 0 Å². The van der Waals surface area contributed by atoms with Gasteiger partial charge in [0.15, 0.2) is 0 Å². The van der Waals surface area contributed by atoms with E-state index in [4.69, 9.17) is 16.3 Å². The molecule has 23 heavy (non-hydrogen) atoms. The molecule has 1 aliphatic heterocycles. The number of nitrogens with one attached hydrogen (secondary N) is 1. The minimum atomic E-state index is 0.0830. The van der Waals surface area contributed by atoms with Crippen LogP contribution in [0.2, 0.25) is 5.02 Å². The van der Waals surface area contributed by atoms with Crippen molar-refractivity contribution in [2.75, 3.05) is 19.8 Å². The van der Waals surface area contributed by atoms with Crippen LogP contribution >= 0.6 is 11.6 Å². The fourth-order valence-electron chi connectivity index (χ4n) is 3.25. The zero-order valence-electron chi connectivity index (χ0n) is 13.1. The lowest BCUT2D eigenvalue weighted by Crippen LogP contribution is -2.42. The Balaban J connectivity index is 1.70. The van der Waals surface area contributed by atoms with Crippen molar-refractivity contribution >= 4 is 11.6 Å². The highest BCUT2D eigenvalue weighted by molar-refractivity contribution is 6.30.